The number of ether oxygens (including phenoxy) is 2. The average Bonchev–Trinajstić information content (AvgIpc) is 2.57. The Hall–Kier alpha value is -2.27. The maximum absolute atomic E-state index is 12.0. The zero-order valence-corrected chi connectivity index (χ0v) is 15.3. The fourth-order valence-electron chi connectivity index (χ4n) is 2.08. The van der Waals surface area contributed by atoms with Gasteiger partial charge in [0.2, 0.25) is 5.91 Å². The second-order valence-electron chi connectivity index (χ2n) is 4.87. The van der Waals surface area contributed by atoms with Crippen LogP contribution in [0.3, 0.4) is 0 Å². The molecule has 0 saturated carbocycles. The Kier molecular flexibility index (Phi) is 6.88. The van der Waals surface area contributed by atoms with Gasteiger partial charge >= 0.3 is 0 Å². The molecule has 24 heavy (non-hydrogen) atoms. The van der Waals surface area contributed by atoms with Gasteiger partial charge < -0.3 is 14.8 Å². The summed E-state index contributed by atoms with van der Waals surface area (Å²) in [4.78, 5) is 12.0. The summed E-state index contributed by atoms with van der Waals surface area (Å²) < 4.78 is 12.0. The van der Waals surface area contributed by atoms with Gasteiger partial charge in [0.15, 0.2) is 11.5 Å². The van der Waals surface area contributed by atoms with Crippen LogP contribution in [0.2, 0.25) is 0 Å². The van der Waals surface area contributed by atoms with Gasteiger partial charge in [-0.25, -0.2) is 0 Å². The van der Waals surface area contributed by atoms with Crippen molar-refractivity contribution in [2.45, 2.75) is 13.8 Å². The number of hydrogen-bond donors (Lipinski definition) is 1. The van der Waals surface area contributed by atoms with Gasteiger partial charge in [-0.15, -0.1) is 0 Å². The van der Waals surface area contributed by atoms with Crippen molar-refractivity contribution in [3.05, 3.63) is 58.6 Å². The molecule has 0 spiro atoms. The summed E-state index contributed by atoms with van der Waals surface area (Å²) in [5.41, 5.74) is 1.60. The van der Waals surface area contributed by atoms with Crippen LogP contribution in [-0.2, 0) is 4.79 Å². The quantitative estimate of drug-likeness (QED) is 0.685. The van der Waals surface area contributed by atoms with Crippen LogP contribution in [0.1, 0.15) is 19.4 Å². The first-order valence-electron chi connectivity index (χ1n) is 7.77. The van der Waals surface area contributed by atoms with Crippen LogP contribution in [0, 0.1) is 0 Å². The second kappa shape index (κ2) is 9.13. The summed E-state index contributed by atoms with van der Waals surface area (Å²) >= 11 is 3.40. The van der Waals surface area contributed by atoms with E-state index < -0.39 is 0 Å². The van der Waals surface area contributed by atoms with E-state index in [1.807, 2.05) is 56.3 Å². The highest BCUT2D eigenvalue weighted by Crippen LogP contribution is 2.29. The Morgan fingerprint density at radius 2 is 1.79 bits per heavy atom. The summed E-state index contributed by atoms with van der Waals surface area (Å²) in [6.45, 7) is 4.97. The van der Waals surface area contributed by atoms with Crippen molar-refractivity contribution in [2.75, 3.05) is 18.5 Å². The molecule has 0 aliphatic carbocycles. The van der Waals surface area contributed by atoms with Gasteiger partial charge in [0, 0.05) is 10.5 Å². The van der Waals surface area contributed by atoms with Crippen molar-refractivity contribution >= 4 is 33.6 Å². The largest absolute Gasteiger partial charge is 0.490 e. The van der Waals surface area contributed by atoms with Crippen LogP contribution in [0.5, 0.6) is 11.5 Å². The van der Waals surface area contributed by atoms with Gasteiger partial charge in [-0.05, 0) is 65.7 Å². The number of hydrogen-bond acceptors (Lipinski definition) is 3. The lowest BCUT2D eigenvalue weighted by molar-refractivity contribution is -0.111. The lowest BCUT2D eigenvalue weighted by atomic mass is 10.2. The minimum atomic E-state index is -0.200. The second-order valence-corrected chi connectivity index (χ2v) is 5.73. The predicted octanol–water partition coefficient (Wildman–Crippen LogP) is 4.90. The van der Waals surface area contributed by atoms with Gasteiger partial charge in [-0.1, -0.05) is 18.2 Å². The predicted molar refractivity (Wildman–Crippen MR) is 101 cm³/mol. The van der Waals surface area contributed by atoms with Crippen molar-refractivity contribution < 1.29 is 14.3 Å². The third-order valence-electron chi connectivity index (χ3n) is 3.13. The Balaban J connectivity index is 2.09. The number of anilines is 1. The fraction of sp³-hybridized carbons (Fsp3) is 0.211. The lowest BCUT2D eigenvalue weighted by Crippen LogP contribution is -2.08. The molecule has 0 aromatic heterocycles. The third-order valence-corrected chi connectivity index (χ3v) is 3.82. The zero-order chi connectivity index (χ0) is 17.4. The van der Waals surface area contributed by atoms with Gasteiger partial charge in [-0.2, -0.15) is 0 Å². The summed E-state index contributed by atoms with van der Waals surface area (Å²) in [5.74, 6) is 1.18. The molecule has 0 saturated heterocycles. The molecule has 4 nitrogen and oxygen atoms in total. The monoisotopic (exact) mass is 389 g/mol. The van der Waals surface area contributed by atoms with Gasteiger partial charge in [-0.3, -0.25) is 4.79 Å². The van der Waals surface area contributed by atoms with Crippen molar-refractivity contribution in [1.29, 1.82) is 0 Å². The SMILES string of the molecule is CCOc1ccc(/C=C/C(=O)Nc2ccccc2Br)cc1OCC. The molecule has 2 aromatic carbocycles. The highest BCUT2D eigenvalue weighted by Gasteiger charge is 2.06. The fourth-order valence-corrected chi connectivity index (χ4v) is 2.46. The van der Waals surface area contributed by atoms with Crippen LogP contribution < -0.4 is 14.8 Å². The number of amides is 1. The number of halogens is 1. The average molecular weight is 390 g/mol. The van der Waals surface area contributed by atoms with E-state index in [-0.39, 0.29) is 5.91 Å². The molecule has 5 heteroatoms. The van der Waals surface area contributed by atoms with E-state index in [1.165, 1.54) is 6.08 Å². The molecule has 2 rings (SSSR count). The molecular weight excluding hydrogens is 370 g/mol. The van der Waals surface area contributed by atoms with Crippen molar-refractivity contribution in [3.63, 3.8) is 0 Å². The molecule has 0 aliphatic heterocycles. The van der Waals surface area contributed by atoms with Gasteiger partial charge in [0.25, 0.3) is 0 Å². The Morgan fingerprint density at radius 3 is 2.50 bits per heavy atom. The number of carbonyl (C=O) groups excluding carboxylic acids is 1. The standard InChI is InChI=1S/C19H20BrNO3/c1-3-23-17-11-9-14(13-18(17)24-4-2)10-12-19(22)21-16-8-6-5-7-15(16)20/h5-13H,3-4H2,1-2H3,(H,21,22)/b12-10+. The van der Waals surface area contributed by atoms with Crippen LogP contribution >= 0.6 is 15.9 Å². The normalized spacial score (nSPS) is 10.6. The highest BCUT2D eigenvalue weighted by atomic mass is 79.9. The first-order valence-corrected chi connectivity index (χ1v) is 8.56. The van der Waals surface area contributed by atoms with Crippen molar-refractivity contribution in [1.82, 2.24) is 0 Å². The van der Waals surface area contributed by atoms with Crippen molar-refractivity contribution in [2.24, 2.45) is 0 Å². The lowest BCUT2D eigenvalue weighted by Gasteiger charge is -2.11. The van der Waals surface area contributed by atoms with Crippen LogP contribution in [0.25, 0.3) is 6.08 Å². The van der Waals surface area contributed by atoms with Crippen molar-refractivity contribution in [3.8, 4) is 11.5 Å². The number of para-hydroxylation sites is 1. The van der Waals surface area contributed by atoms with Crippen LogP contribution in [0.15, 0.2) is 53.0 Å². The number of nitrogens with one attached hydrogen (secondary N) is 1. The molecule has 0 atom stereocenters. The molecule has 0 bridgehead atoms. The Bertz CT molecular complexity index is 728. The van der Waals surface area contributed by atoms with Gasteiger partial charge in [0.05, 0.1) is 18.9 Å². The number of carbonyl (C=O) groups is 1. The van der Waals surface area contributed by atoms with E-state index in [2.05, 4.69) is 21.2 Å². The highest BCUT2D eigenvalue weighted by molar-refractivity contribution is 9.10. The maximum Gasteiger partial charge on any atom is 0.248 e. The molecule has 0 heterocycles. The van der Waals surface area contributed by atoms with E-state index in [0.29, 0.717) is 24.7 Å². The van der Waals surface area contributed by atoms with Crippen LogP contribution in [-0.4, -0.2) is 19.1 Å². The molecule has 1 N–H and O–H groups in total. The Morgan fingerprint density at radius 1 is 1.08 bits per heavy atom. The van der Waals surface area contributed by atoms with E-state index in [0.717, 1.165) is 15.7 Å². The number of benzene rings is 2. The third kappa shape index (κ3) is 5.13. The zero-order valence-electron chi connectivity index (χ0n) is 13.7. The number of rotatable bonds is 7. The molecule has 0 fully saturated rings. The summed E-state index contributed by atoms with van der Waals surface area (Å²) in [7, 11) is 0. The van der Waals surface area contributed by atoms with E-state index >= 15 is 0 Å². The molecule has 0 aliphatic rings. The van der Waals surface area contributed by atoms with E-state index in [4.69, 9.17) is 9.47 Å². The molecule has 0 radical (unpaired) electrons. The maximum atomic E-state index is 12.0. The minimum absolute atomic E-state index is 0.200. The first kappa shape index (κ1) is 18.1. The summed E-state index contributed by atoms with van der Waals surface area (Å²) in [6, 6.07) is 13.1. The molecule has 126 valence electrons. The van der Waals surface area contributed by atoms with Crippen LogP contribution in [0.4, 0.5) is 5.69 Å². The Labute approximate surface area is 150 Å². The first-order chi connectivity index (χ1) is 11.6. The molecule has 1 amide bonds. The summed E-state index contributed by atoms with van der Waals surface area (Å²) in [5, 5.41) is 2.82. The summed E-state index contributed by atoms with van der Waals surface area (Å²) in [6.07, 6.45) is 3.23. The molecular formula is C19H20BrNO3. The smallest absolute Gasteiger partial charge is 0.248 e. The van der Waals surface area contributed by atoms with E-state index in [1.54, 1.807) is 6.08 Å². The molecule has 2 aromatic rings. The van der Waals surface area contributed by atoms with E-state index in [9.17, 15) is 4.79 Å². The molecule has 0 unspecified atom stereocenters. The van der Waals surface area contributed by atoms with Gasteiger partial charge in [0.1, 0.15) is 0 Å². The minimum Gasteiger partial charge on any atom is -0.490 e. The topological polar surface area (TPSA) is 47.6 Å².